The van der Waals surface area contributed by atoms with Crippen LogP contribution in [0.4, 0.5) is 5.69 Å². The number of hydrogen-bond acceptors (Lipinski definition) is 3. The minimum Gasteiger partial charge on any atom is -0.471 e. The van der Waals surface area contributed by atoms with Crippen LogP contribution >= 0.6 is 0 Å². The molecule has 3 nitrogen and oxygen atoms in total. The third-order valence-electron chi connectivity index (χ3n) is 2.13. The van der Waals surface area contributed by atoms with Gasteiger partial charge in [0.1, 0.15) is 12.0 Å². The van der Waals surface area contributed by atoms with E-state index in [-0.39, 0.29) is 0 Å². The second-order valence-corrected chi connectivity index (χ2v) is 3.13. The van der Waals surface area contributed by atoms with Gasteiger partial charge in [-0.2, -0.15) is 0 Å². The fraction of sp³-hybridized carbons (Fsp3) is 0.300. The van der Waals surface area contributed by atoms with E-state index in [9.17, 15) is 4.79 Å². The molecule has 2 rings (SSSR count). The Hall–Kier alpha value is -1.51. The SMILES string of the molecule is Cc1ccc2c(c1)N(CC=O)CO2. The van der Waals surface area contributed by atoms with Crippen molar-refractivity contribution in [2.45, 2.75) is 6.92 Å². The van der Waals surface area contributed by atoms with Crippen LogP contribution in [0.1, 0.15) is 5.56 Å². The fourth-order valence-corrected chi connectivity index (χ4v) is 1.45. The number of aldehydes is 1. The topological polar surface area (TPSA) is 29.5 Å². The summed E-state index contributed by atoms with van der Waals surface area (Å²) in [7, 11) is 0. The summed E-state index contributed by atoms with van der Waals surface area (Å²) in [6.45, 7) is 2.91. The van der Waals surface area contributed by atoms with Gasteiger partial charge in [-0.25, -0.2) is 0 Å². The van der Waals surface area contributed by atoms with Crippen molar-refractivity contribution in [3.05, 3.63) is 23.8 Å². The summed E-state index contributed by atoms with van der Waals surface area (Å²) in [5, 5.41) is 0. The Labute approximate surface area is 76.9 Å². The molecule has 1 aliphatic rings. The zero-order valence-corrected chi connectivity index (χ0v) is 7.49. The molecule has 3 heteroatoms. The molecule has 1 aromatic carbocycles. The number of benzene rings is 1. The normalized spacial score (nSPS) is 13.8. The molecule has 0 saturated carbocycles. The van der Waals surface area contributed by atoms with Gasteiger partial charge in [-0.05, 0) is 24.6 Å². The minimum atomic E-state index is 0.399. The highest BCUT2D eigenvalue weighted by Crippen LogP contribution is 2.33. The van der Waals surface area contributed by atoms with E-state index in [2.05, 4.69) is 0 Å². The molecule has 0 unspecified atom stereocenters. The fourth-order valence-electron chi connectivity index (χ4n) is 1.45. The van der Waals surface area contributed by atoms with Crippen LogP contribution in [0.3, 0.4) is 0 Å². The van der Waals surface area contributed by atoms with Crippen molar-refractivity contribution < 1.29 is 9.53 Å². The van der Waals surface area contributed by atoms with E-state index < -0.39 is 0 Å². The number of fused-ring (bicyclic) bond motifs is 1. The molecule has 0 atom stereocenters. The zero-order chi connectivity index (χ0) is 9.26. The average Bonchev–Trinajstić information content (AvgIpc) is 2.49. The lowest BCUT2D eigenvalue weighted by Crippen LogP contribution is -2.23. The van der Waals surface area contributed by atoms with Gasteiger partial charge in [0.05, 0.1) is 12.2 Å². The number of carbonyl (C=O) groups is 1. The summed E-state index contributed by atoms with van der Waals surface area (Å²) in [4.78, 5) is 12.3. The summed E-state index contributed by atoms with van der Waals surface area (Å²) in [5.41, 5.74) is 2.20. The molecule has 0 spiro atoms. The molecular formula is C10H11NO2. The van der Waals surface area contributed by atoms with Crippen molar-refractivity contribution in [3.63, 3.8) is 0 Å². The maximum absolute atomic E-state index is 10.4. The maximum atomic E-state index is 10.4. The first-order valence-corrected chi connectivity index (χ1v) is 4.23. The molecule has 1 heterocycles. The van der Waals surface area contributed by atoms with Crippen LogP contribution in [0.2, 0.25) is 0 Å². The van der Waals surface area contributed by atoms with Crippen molar-refractivity contribution >= 4 is 12.0 Å². The minimum absolute atomic E-state index is 0.399. The number of aryl methyl sites for hydroxylation is 1. The van der Waals surface area contributed by atoms with Crippen LogP contribution in [0.15, 0.2) is 18.2 Å². The van der Waals surface area contributed by atoms with E-state index in [1.165, 1.54) is 5.56 Å². The molecule has 0 bridgehead atoms. The number of carbonyl (C=O) groups excluding carboxylic acids is 1. The van der Waals surface area contributed by atoms with Gasteiger partial charge in [-0.15, -0.1) is 0 Å². The standard InChI is InChI=1S/C10H11NO2/c1-8-2-3-10-9(6-8)11(4-5-12)7-13-10/h2-3,5-6H,4,7H2,1H3. The quantitative estimate of drug-likeness (QED) is 0.638. The summed E-state index contributed by atoms with van der Waals surface area (Å²) in [5.74, 6) is 0.868. The van der Waals surface area contributed by atoms with Crippen LogP contribution in [0.5, 0.6) is 5.75 Å². The van der Waals surface area contributed by atoms with Crippen LogP contribution < -0.4 is 9.64 Å². The van der Waals surface area contributed by atoms with Gasteiger partial charge in [0, 0.05) is 0 Å². The Morgan fingerprint density at radius 3 is 3.23 bits per heavy atom. The van der Waals surface area contributed by atoms with Gasteiger partial charge in [0.2, 0.25) is 0 Å². The monoisotopic (exact) mass is 177 g/mol. The Morgan fingerprint density at radius 2 is 2.46 bits per heavy atom. The van der Waals surface area contributed by atoms with Crippen molar-refractivity contribution in [1.29, 1.82) is 0 Å². The molecule has 0 fully saturated rings. The Morgan fingerprint density at radius 1 is 1.62 bits per heavy atom. The lowest BCUT2D eigenvalue weighted by molar-refractivity contribution is -0.106. The highest BCUT2D eigenvalue weighted by atomic mass is 16.5. The van der Waals surface area contributed by atoms with Crippen LogP contribution in [-0.4, -0.2) is 19.6 Å². The van der Waals surface area contributed by atoms with Gasteiger partial charge < -0.3 is 14.4 Å². The van der Waals surface area contributed by atoms with Gasteiger partial charge in [0.15, 0.2) is 6.73 Å². The van der Waals surface area contributed by atoms with Crippen molar-refractivity contribution in [2.75, 3.05) is 18.2 Å². The van der Waals surface area contributed by atoms with Crippen LogP contribution in [-0.2, 0) is 4.79 Å². The number of rotatable bonds is 2. The summed E-state index contributed by atoms with van der Waals surface area (Å²) >= 11 is 0. The van der Waals surface area contributed by atoms with E-state index in [1.807, 2.05) is 30.0 Å². The van der Waals surface area contributed by atoms with E-state index >= 15 is 0 Å². The molecule has 0 aromatic heterocycles. The highest BCUT2D eigenvalue weighted by molar-refractivity contribution is 5.68. The second-order valence-electron chi connectivity index (χ2n) is 3.13. The van der Waals surface area contributed by atoms with Gasteiger partial charge in [0.25, 0.3) is 0 Å². The predicted octanol–water partition coefficient (Wildman–Crippen LogP) is 1.35. The summed E-state index contributed by atoms with van der Waals surface area (Å²) < 4.78 is 5.39. The zero-order valence-electron chi connectivity index (χ0n) is 7.49. The molecule has 0 saturated heterocycles. The van der Waals surface area contributed by atoms with Crippen LogP contribution in [0.25, 0.3) is 0 Å². The summed E-state index contributed by atoms with van der Waals surface area (Å²) in [6.07, 6.45) is 0.890. The Kier molecular flexibility index (Phi) is 1.93. The van der Waals surface area contributed by atoms with Crippen molar-refractivity contribution in [3.8, 4) is 5.75 Å². The highest BCUT2D eigenvalue weighted by Gasteiger charge is 2.19. The lowest BCUT2D eigenvalue weighted by atomic mass is 10.2. The van der Waals surface area contributed by atoms with E-state index in [1.54, 1.807) is 0 Å². The molecule has 68 valence electrons. The molecule has 13 heavy (non-hydrogen) atoms. The third-order valence-corrected chi connectivity index (χ3v) is 2.13. The second kappa shape index (κ2) is 3.09. The first-order valence-electron chi connectivity index (χ1n) is 4.23. The Balaban J connectivity index is 2.34. The first kappa shape index (κ1) is 8.10. The number of hydrogen-bond donors (Lipinski definition) is 0. The molecule has 0 N–H and O–H groups in total. The molecule has 0 radical (unpaired) electrons. The number of anilines is 1. The maximum Gasteiger partial charge on any atom is 0.162 e. The van der Waals surface area contributed by atoms with E-state index in [4.69, 9.17) is 4.74 Å². The van der Waals surface area contributed by atoms with Crippen molar-refractivity contribution in [1.82, 2.24) is 0 Å². The van der Waals surface area contributed by atoms with Crippen molar-refractivity contribution in [2.24, 2.45) is 0 Å². The molecular weight excluding hydrogens is 166 g/mol. The van der Waals surface area contributed by atoms with Gasteiger partial charge in [-0.3, -0.25) is 0 Å². The smallest absolute Gasteiger partial charge is 0.162 e. The average molecular weight is 177 g/mol. The largest absolute Gasteiger partial charge is 0.471 e. The number of ether oxygens (including phenoxy) is 1. The molecule has 1 aromatic rings. The predicted molar refractivity (Wildman–Crippen MR) is 50.1 cm³/mol. The number of nitrogens with zero attached hydrogens (tertiary/aromatic N) is 1. The van der Waals surface area contributed by atoms with Crippen LogP contribution in [0, 0.1) is 6.92 Å². The van der Waals surface area contributed by atoms with E-state index in [0.29, 0.717) is 13.3 Å². The van der Waals surface area contributed by atoms with Gasteiger partial charge in [-0.1, -0.05) is 6.07 Å². The molecule has 0 aliphatic carbocycles. The molecule has 0 amide bonds. The van der Waals surface area contributed by atoms with Gasteiger partial charge >= 0.3 is 0 Å². The first-order chi connectivity index (χ1) is 6.31. The third kappa shape index (κ3) is 1.37. The lowest BCUT2D eigenvalue weighted by Gasteiger charge is -2.11. The Bertz CT molecular complexity index is 336. The summed E-state index contributed by atoms with van der Waals surface area (Å²) in [6, 6.07) is 5.98. The van der Waals surface area contributed by atoms with E-state index in [0.717, 1.165) is 17.7 Å². The molecule has 1 aliphatic heterocycles.